The Bertz CT molecular complexity index is 1110. The van der Waals surface area contributed by atoms with Crippen molar-refractivity contribution in [2.45, 2.75) is 17.8 Å². The summed E-state index contributed by atoms with van der Waals surface area (Å²) < 4.78 is 23.4. The van der Waals surface area contributed by atoms with Crippen molar-refractivity contribution in [3.63, 3.8) is 0 Å². The number of nitrogens with one attached hydrogen (secondary N) is 1. The van der Waals surface area contributed by atoms with Gasteiger partial charge in [-0.3, -0.25) is 14.7 Å². The van der Waals surface area contributed by atoms with Crippen LogP contribution in [0.5, 0.6) is 0 Å². The maximum atomic E-state index is 12.9. The molecule has 1 N–H and O–H groups in total. The van der Waals surface area contributed by atoms with E-state index in [1.165, 1.54) is 17.3 Å². The summed E-state index contributed by atoms with van der Waals surface area (Å²) in [6, 6.07) is 17.7. The van der Waals surface area contributed by atoms with Crippen LogP contribution in [0.1, 0.15) is 15.9 Å². The molecule has 3 aliphatic heterocycles. The second-order valence-corrected chi connectivity index (χ2v) is 11.9. The molecular formula is C23H26N4O3S2. The zero-order chi connectivity index (χ0) is 22.1. The molecule has 0 saturated carbocycles. The average Bonchev–Trinajstić information content (AvgIpc) is 3.27. The number of carbonyl (C=O) groups is 1. The van der Waals surface area contributed by atoms with Crippen LogP contribution in [0.3, 0.4) is 0 Å². The van der Waals surface area contributed by atoms with Crippen LogP contribution in [0.15, 0.2) is 59.6 Å². The fourth-order valence-electron chi connectivity index (χ4n) is 4.37. The molecule has 32 heavy (non-hydrogen) atoms. The first-order valence-corrected chi connectivity index (χ1v) is 13.5. The van der Waals surface area contributed by atoms with Gasteiger partial charge < -0.3 is 10.2 Å². The monoisotopic (exact) mass is 470 g/mol. The molecule has 3 aliphatic rings. The van der Waals surface area contributed by atoms with E-state index in [0.717, 1.165) is 43.6 Å². The second kappa shape index (κ2) is 8.88. The fourth-order valence-corrected chi connectivity index (χ4v) is 8.04. The lowest BCUT2D eigenvalue weighted by Crippen LogP contribution is -2.48. The van der Waals surface area contributed by atoms with E-state index in [1.54, 1.807) is 0 Å². The van der Waals surface area contributed by atoms with Crippen molar-refractivity contribution in [1.82, 2.24) is 9.80 Å². The number of amides is 1. The first kappa shape index (κ1) is 21.5. The van der Waals surface area contributed by atoms with E-state index in [-0.39, 0.29) is 28.7 Å². The summed E-state index contributed by atoms with van der Waals surface area (Å²) in [7, 11) is -2.95. The molecule has 0 bridgehead atoms. The molecule has 0 spiro atoms. The number of carbonyl (C=O) groups excluding carboxylic acids is 1. The molecule has 1 amide bonds. The zero-order valence-corrected chi connectivity index (χ0v) is 19.3. The molecule has 9 heteroatoms. The SMILES string of the molecule is O=C(c1ccc(NC2=N[C@H]3CS(=O)(=O)C[C@@H]3S2)cc1)N1CCN(Cc2ccccc2)CC1. The number of rotatable bonds is 4. The molecule has 2 atom stereocenters. The van der Waals surface area contributed by atoms with Gasteiger partial charge in [-0.2, -0.15) is 0 Å². The van der Waals surface area contributed by atoms with Crippen LogP contribution in [0.4, 0.5) is 5.69 Å². The third-order valence-corrected chi connectivity index (χ3v) is 9.25. The summed E-state index contributed by atoms with van der Waals surface area (Å²) in [4.78, 5) is 21.7. The second-order valence-electron chi connectivity index (χ2n) is 8.49. The van der Waals surface area contributed by atoms with Crippen LogP contribution in [0, 0.1) is 0 Å². The third kappa shape index (κ3) is 4.84. The topological polar surface area (TPSA) is 82.1 Å². The summed E-state index contributed by atoms with van der Waals surface area (Å²) in [5.41, 5.74) is 2.82. The lowest BCUT2D eigenvalue weighted by molar-refractivity contribution is 0.0628. The Morgan fingerprint density at radius 3 is 2.41 bits per heavy atom. The molecule has 5 rings (SSSR count). The number of hydrogen-bond acceptors (Lipinski definition) is 7. The van der Waals surface area contributed by atoms with E-state index in [1.807, 2.05) is 35.2 Å². The van der Waals surface area contributed by atoms with Gasteiger partial charge in [-0.15, -0.1) is 0 Å². The van der Waals surface area contributed by atoms with Crippen molar-refractivity contribution in [2.24, 2.45) is 4.99 Å². The maximum Gasteiger partial charge on any atom is 0.253 e. The molecule has 3 heterocycles. The van der Waals surface area contributed by atoms with Crippen LogP contribution in [0.2, 0.25) is 0 Å². The Balaban J connectivity index is 1.13. The highest BCUT2D eigenvalue weighted by molar-refractivity contribution is 8.15. The molecule has 2 aromatic rings. The predicted octanol–water partition coefficient (Wildman–Crippen LogP) is 2.32. The fraction of sp³-hybridized carbons (Fsp3) is 0.391. The van der Waals surface area contributed by atoms with Gasteiger partial charge in [-0.1, -0.05) is 42.1 Å². The lowest BCUT2D eigenvalue weighted by Gasteiger charge is -2.34. The Kier molecular flexibility index (Phi) is 5.96. The standard InChI is InChI=1S/C23H26N4O3S2/c28-22(27-12-10-26(11-13-27)14-17-4-2-1-3-5-17)18-6-8-19(9-7-18)24-23-25-20-15-32(29,30)16-21(20)31-23/h1-9,20-21H,10-16H2,(H,24,25)/t20-,21-/m0/s1. The number of hydrogen-bond donors (Lipinski definition) is 1. The van der Waals surface area contributed by atoms with Crippen molar-refractivity contribution >= 4 is 38.4 Å². The summed E-state index contributed by atoms with van der Waals surface area (Å²) in [6.45, 7) is 4.11. The highest BCUT2D eigenvalue weighted by Gasteiger charge is 2.42. The van der Waals surface area contributed by atoms with Gasteiger partial charge in [0.1, 0.15) is 0 Å². The summed E-state index contributed by atoms with van der Waals surface area (Å²) in [6.07, 6.45) is 0. The minimum atomic E-state index is -2.95. The van der Waals surface area contributed by atoms with Crippen LogP contribution in [-0.4, -0.2) is 78.3 Å². The molecule has 0 aliphatic carbocycles. The number of nitrogens with zero attached hydrogens (tertiary/aromatic N) is 3. The van der Waals surface area contributed by atoms with Crippen molar-refractivity contribution in [1.29, 1.82) is 0 Å². The molecule has 168 valence electrons. The van der Waals surface area contributed by atoms with E-state index < -0.39 is 9.84 Å². The zero-order valence-electron chi connectivity index (χ0n) is 17.7. The molecule has 2 aromatic carbocycles. The predicted molar refractivity (Wildman–Crippen MR) is 129 cm³/mol. The van der Waals surface area contributed by atoms with Gasteiger partial charge in [0.15, 0.2) is 15.0 Å². The van der Waals surface area contributed by atoms with Crippen molar-refractivity contribution in [3.8, 4) is 0 Å². The van der Waals surface area contributed by atoms with E-state index >= 15 is 0 Å². The number of sulfone groups is 1. The molecule has 0 radical (unpaired) electrons. The van der Waals surface area contributed by atoms with E-state index in [2.05, 4.69) is 39.5 Å². The van der Waals surface area contributed by atoms with Gasteiger partial charge in [-0.25, -0.2) is 8.42 Å². The first-order chi connectivity index (χ1) is 15.4. The number of amidine groups is 1. The number of piperazine rings is 1. The molecule has 2 fully saturated rings. The minimum absolute atomic E-state index is 0.0175. The van der Waals surface area contributed by atoms with E-state index in [0.29, 0.717) is 5.56 Å². The van der Waals surface area contributed by atoms with Crippen LogP contribution >= 0.6 is 11.8 Å². The van der Waals surface area contributed by atoms with Crippen molar-refractivity contribution < 1.29 is 13.2 Å². The van der Waals surface area contributed by atoms with Crippen molar-refractivity contribution in [3.05, 3.63) is 65.7 Å². The number of anilines is 1. The minimum Gasteiger partial charge on any atom is -0.336 e. The largest absolute Gasteiger partial charge is 0.336 e. The number of thioether (sulfide) groups is 1. The Labute approximate surface area is 192 Å². The lowest BCUT2D eigenvalue weighted by atomic mass is 10.1. The van der Waals surface area contributed by atoms with Crippen LogP contribution < -0.4 is 5.32 Å². The Morgan fingerprint density at radius 1 is 1.00 bits per heavy atom. The number of aliphatic imine (C=N–C) groups is 1. The third-order valence-electron chi connectivity index (χ3n) is 6.11. The van der Waals surface area contributed by atoms with Gasteiger partial charge in [0.2, 0.25) is 0 Å². The van der Waals surface area contributed by atoms with E-state index in [9.17, 15) is 13.2 Å². The molecule has 2 saturated heterocycles. The maximum absolute atomic E-state index is 12.9. The van der Waals surface area contributed by atoms with Crippen LogP contribution in [-0.2, 0) is 16.4 Å². The smallest absolute Gasteiger partial charge is 0.253 e. The first-order valence-electron chi connectivity index (χ1n) is 10.8. The summed E-state index contributed by atoms with van der Waals surface area (Å²) in [5, 5.41) is 4.03. The molecule has 0 unspecified atom stereocenters. The van der Waals surface area contributed by atoms with Crippen LogP contribution in [0.25, 0.3) is 0 Å². The highest BCUT2D eigenvalue weighted by atomic mass is 32.2. The molecular weight excluding hydrogens is 444 g/mol. The quantitative estimate of drug-likeness (QED) is 0.739. The summed E-state index contributed by atoms with van der Waals surface area (Å²) in [5.74, 6) is 0.397. The van der Waals surface area contributed by atoms with Crippen molar-refractivity contribution in [2.75, 3.05) is 43.0 Å². The highest BCUT2D eigenvalue weighted by Crippen LogP contribution is 2.34. The molecule has 7 nitrogen and oxygen atoms in total. The summed E-state index contributed by atoms with van der Waals surface area (Å²) >= 11 is 1.49. The van der Waals surface area contributed by atoms with E-state index in [4.69, 9.17) is 0 Å². The average molecular weight is 471 g/mol. The normalized spacial score (nSPS) is 24.8. The Morgan fingerprint density at radius 2 is 1.72 bits per heavy atom. The number of fused-ring (bicyclic) bond motifs is 1. The number of benzene rings is 2. The van der Waals surface area contributed by atoms with Gasteiger partial charge in [0.05, 0.1) is 17.5 Å². The Hall–Kier alpha value is -2.36. The van der Waals surface area contributed by atoms with Gasteiger partial charge in [0.25, 0.3) is 5.91 Å². The van der Waals surface area contributed by atoms with Gasteiger partial charge >= 0.3 is 0 Å². The van der Waals surface area contributed by atoms with Gasteiger partial charge in [0, 0.05) is 49.2 Å². The molecule has 0 aromatic heterocycles. The van der Waals surface area contributed by atoms with Gasteiger partial charge in [-0.05, 0) is 29.8 Å².